The van der Waals surface area contributed by atoms with E-state index in [0.29, 0.717) is 5.02 Å². The number of aliphatic carboxylic acids is 1. The second-order valence-electron chi connectivity index (χ2n) is 6.46. The lowest BCUT2D eigenvalue weighted by Gasteiger charge is -2.24. The van der Waals surface area contributed by atoms with Crippen LogP contribution in [0, 0.1) is 5.92 Å². The minimum absolute atomic E-state index is 0.125. The van der Waals surface area contributed by atoms with Gasteiger partial charge in [0.2, 0.25) is 0 Å². The lowest BCUT2D eigenvalue weighted by atomic mass is 9.89. The van der Waals surface area contributed by atoms with E-state index in [9.17, 15) is 14.7 Å². The van der Waals surface area contributed by atoms with Gasteiger partial charge in [-0.15, -0.1) is 0 Å². The molecule has 1 heterocycles. The van der Waals surface area contributed by atoms with Crippen LogP contribution in [0.5, 0.6) is 0 Å². The van der Waals surface area contributed by atoms with Crippen LogP contribution in [0.4, 0.5) is 4.79 Å². The Morgan fingerprint density at radius 1 is 1.27 bits per heavy atom. The van der Waals surface area contributed by atoms with Crippen molar-refractivity contribution < 1.29 is 19.4 Å². The first-order chi connectivity index (χ1) is 10.2. The molecule has 1 amide bonds. The molecule has 1 aromatic rings. The predicted octanol–water partition coefficient (Wildman–Crippen LogP) is 3.38. The van der Waals surface area contributed by atoms with Gasteiger partial charge < -0.3 is 14.7 Å². The van der Waals surface area contributed by atoms with Crippen molar-refractivity contribution in [1.29, 1.82) is 0 Å². The summed E-state index contributed by atoms with van der Waals surface area (Å²) < 4.78 is 5.33. The first kappa shape index (κ1) is 16.6. The van der Waals surface area contributed by atoms with E-state index in [1.54, 1.807) is 32.9 Å². The first-order valence-electron chi connectivity index (χ1n) is 7.14. The normalized spacial score (nSPS) is 21.7. The fraction of sp³-hybridized carbons (Fsp3) is 0.500. The van der Waals surface area contributed by atoms with Crippen LogP contribution < -0.4 is 0 Å². The Bertz CT molecular complexity index is 582. The number of halogens is 1. The Morgan fingerprint density at radius 2 is 1.91 bits per heavy atom. The van der Waals surface area contributed by atoms with Gasteiger partial charge in [-0.25, -0.2) is 4.79 Å². The zero-order valence-corrected chi connectivity index (χ0v) is 13.6. The van der Waals surface area contributed by atoms with Crippen molar-refractivity contribution in [2.24, 2.45) is 5.92 Å². The number of carboxylic acids is 1. The van der Waals surface area contributed by atoms with Gasteiger partial charge in [0, 0.05) is 24.0 Å². The number of rotatable bonds is 2. The van der Waals surface area contributed by atoms with E-state index in [4.69, 9.17) is 16.3 Å². The molecule has 1 aliphatic rings. The maximum absolute atomic E-state index is 12.2. The molecule has 0 radical (unpaired) electrons. The van der Waals surface area contributed by atoms with Crippen LogP contribution in [0.2, 0.25) is 5.02 Å². The maximum atomic E-state index is 12.2. The van der Waals surface area contributed by atoms with Crippen molar-refractivity contribution in [3.63, 3.8) is 0 Å². The standard InChI is InChI=1S/C16H20ClNO4/c1-16(2,3)22-15(21)18-8-11(12(9-18)14(19)20)10-6-4-5-7-13(10)17/h4-7,11-12H,8-9H2,1-3H3,(H,19,20)/t11-,12+/m1/s1. The molecule has 5 nitrogen and oxygen atoms in total. The van der Waals surface area contributed by atoms with E-state index >= 15 is 0 Å². The smallest absolute Gasteiger partial charge is 0.410 e. The highest BCUT2D eigenvalue weighted by molar-refractivity contribution is 6.31. The highest BCUT2D eigenvalue weighted by Gasteiger charge is 2.42. The van der Waals surface area contributed by atoms with Crippen LogP contribution in [0.3, 0.4) is 0 Å². The molecule has 120 valence electrons. The fourth-order valence-electron chi connectivity index (χ4n) is 2.62. The van der Waals surface area contributed by atoms with Crippen LogP contribution in [-0.2, 0) is 9.53 Å². The quantitative estimate of drug-likeness (QED) is 0.905. The third-order valence-corrected chi connectivity index (χ3v) is 3.94. The Labute approximate surface area is 134 Å². The van der Waals surface area contributed by atoms with E-state index < -0.39 is 23.6 Å². The van der Waals surface area contributed by atoms with Crippen LogP contribution in [0.25, 0.3) is 0 Å². The molecule has 0 aromatic heterocycles. The molecular formula is C16H20ClNO4. The first-order valence-corrected chi connectivity index (χ1v) is 7.52. The average molecular weight is 326 g/mol. The van der Waals surface area contributed by atoms with Gasteiger partial charge in [-0.1, -0.05) is 29.8 Å². The molecule has 1 saturated heterocycles. The third kappa shape index (κ3) is 3.71. The lowest BCUT2D eigenvalue weighted by Crippen LogP contribution is -2.35. The van der Waals surface area contributed by atoms with Gasteiger partial charge in [-0.05, 0) is 32.4 Å². The van der Waals surface area contributed by atoms with Gasteiger partial charge in [-0.3, -0.25) is 4.79 Å². The molecule has 1 aliphatic heterocycles. The average Bonchev–Trinajstić information content (AvgIpc) is 2.82. The molecule has 0 saturated carbocycles. The summed E-state index contributed by atoms with van der Waals surface area (Å²) in [6.45, 7) is 5.75. The number of carbonyl (C=O) groups excluding carboxylic acids is 1. The van der Waals surface area contributed by atoms with Gasteiger partial charge >= 0.3 is 12.1 Å². The molecule has 0 aliphatic carbocycles. The summed E-state index contributed by atoms with van der Waals surface area (Å²) in [5.74, 6) is -1.96. The Kier molecular flexibility index (Phi) is 4.66. The van der Waals surface area contributed by atoms with E-state index in [-0.39, 0.29) is 19.0 Å². The molecule has 0 bridgehead atoms. The zero-order chi connectivity index (χ0) is 16.5. The van der Waals surface area contributed by atoms with Gasteiger partial charge in [0.25, 0.3) is 0 Å². The summed E-state index contributed by atoms with van der Waals surface area (Å²) in [6.07, 6.45) is -0.492. The third-order valence-electron chi connectivity index (χ3n) is 3.59. The molecular weight excluding hydrogens is 306 g/mol. The summed E-state index contributed by atoms with van der Waals surface area (Å²) in [4.78, 5) is 25.1. The predicted molar refractivity (Wildman–Crippen MR) is 83.1 cm³/mol. The molecule has 1 fully saturated rings. The van der Waals surface area contributed by atoms with E-state index in [0.717, 1.165) is 5.56 Å². The van der Waals surface area contributed by atoms with Crippen molar-refractivity contribution in [3.8, 4) is 0 Å². The van der Waals surface area contributed by atoms with Gasteiger partial charge in [0.05, 0.1) is 5.92 Å². The van der Waals surface area contributed by atoms with E-state index in [1.807, 2.05) is 12.1 Å². The molecule has 0 unspecified atom stereocenters. The van der Waals surface area contributed by atoms with Crippen molar-refractivity contribution in [2.45, 2.75) is 32.3 Å². The number of hydrogen-bond acceptors (Lipinski definition) is 3. The largest absolute Gasteiger partial charge is 0.481 e. The molecule has 6 heteroatoms. The summed E-state index contributed by atoms with van der Waals surface area (Å²) in [6, 6.07) is 7.14. The van der Waals surface area contributed by atoms with Crippen molar-refractivity contribution >= 4 is 23.7 Å². The van der Waals surface area contributed by atoms with Gasteiger partial charge in [0.15, 0.2) is 0 Å². The summed E-state index contributed by atoms with van der Waals surface area (Å²) in [5, 5.41) is 9.96. The minimum Gasteiger partial charge on any atom is -0.481 e. The van der Waals surface area contributed by atoms with Gasteiger partial charge in [0.1, 0.15) is 5.60 Å². The highest BCUT2D eigenvalue weighted by atomic mass is 35.5. The number of ether oxygens (including phenoxy) is 1. The van der Waals surface area contributed by atoms with Crippen molar-refractivity contribution in [1.82, 2.24) is 4.90 Å². The topological polar surface area (TPSA) is 66.8 Å². The van der Waals surface area contributed by atoms with Crippen LogP contribution >= 0.6 is 11.6 Å². The zero-order valence-electron chi connectivity index (χ0n) is 12.9. The Morgan fingerprint density at radius 3 is 2.45 bits per heavy atom. The number of carboxylic acid groups (broad SMARTS) is 1. The van der Waals surface area contributed by atoms with Crippen molar-refractivity contribution in [2.75, 3.05) is 13.1 Å². The molecule has 2 rings (SSSR count). The monoisotopic (exact) mass is 325 g/mol. The van der Waals surface area contributed by atoms with Crippen LogP contribution in [-0.4, -0.2) is 40.8 Å². The van der Waals surface area contributed by atoms with Crippen LogP contribution in [0.15, 0.2) is 24.3 Å². The van der Waals surface area contributed by atoms with E-state index in [1.165, 1.54) is 4.90 Å². The number of benzene rings is 1. The fourth-order valence-corrected chi connectivity index (χ4v) is 2.90. The number of nitrogens with zero attached hydrogens (tertiary/aromatic N) is 1. The Balaban J connectivity index is 2.22. The number of likely N-dealkylation sites (tertiary alicyclic amines) is 1. The van der Waals surface area contributed by atoms with Crippen molar-refractivity contribution in [3.05, 3.63) is 34.9 Å². The number of amides is 1. The lowest BCUT2D eigenvalue weighted by molar-refractivity contribution is -0.141. The minimum atomic E-state index is -0.934. The summed E-state index contributed by atoms with van der Waals surface area (Å²) >= 11 is 6.18. The van der Waals surface area contributed by atoms with Gasteiger partial charge in [-0.2, -0.15) is 0 Å². The van der Waals surface area contributed by atoms with E-state index in [2.05, 4.69) is 0 Å². The highest BCUT2D eigenvalue weighted by Crippen LogP contribution is 2.36. The molecule has 22 heavy (non-hydrogen) atoms. The Hall–Kier alpha value is -1.75. The molecule has 1 N–H and O–H groups in total. The second-order valence-corrected chi connectivity index (χ2v) is 6.87. The molecule has 2 atom stereocenters. The second kappa shape index (κ2) is 6.16. The van der Waals surface area contributed by atoms with Crippen LogP contribution in [0.1, 0.15) is 32.3 Å². The summed E-state index contributed by atoms with van der Waals surface area (Å²) in [5.41, 5.74) is 0.140. The molecule has 0 spiro atoms. The molecule has 1 aromatic carbocycles. The summed E-state index contributed by atoms with van der Waals surface area (Å²) in [7, 11) is 0. The SMILES string of the molecule is CC(C)(C)OC(=O)N1C[C@H](C(=O)O)[C@@H](c2ccccc2Cl)C1. The number of hydrogen-bond donors (Lipinski definition) is 1. The maximum Gasteiger partial charge on any atom is 0.410 e. The number of carbonyl (C=O) groups is 2.